The van der Waals surface area contributed by atoms with Gasteiger partial charge >= 0.3 is 0 Å². The fourth-order valence-corrected chi connectivity index (χ4v) is 3.44. The average molecular weight is 289 g/mol. The van der Waals surface area contributed by atoms with Crippen molar-refractivity contribution >= 4 is 8.07 Å². The van der Waals surface area contributed by atoms with Crippen molar-refractivity contribution in [2.45, 2.75) is 64.9 Å². The van der Waals surface area contributed by atoms with Crippen LogP contribution in [0.4, 0.5) is 0 Å². The van der Waals surface area contributed by atoms with Crippen molar-refractivity contribution in [2.24, 2.45) is 11.3 Å². The molecule has 0 aromatic rings. The molecule has 1 aliphatic carbocycles. The number of ether oxygens (including phenoxy) is 2. The first-order chi connectivity index (χ1) is 8.79. The van der Waals surface area contributed by atoms with Crippen LogP contribution in [0.25, 0.3) is 0 Å². The summed E-state index contributed by atoms with van der Waals surface area (Å²) in [7, 11) is -1.01. The highest BCUT2D eigenvalue weighted by Crippen LogP contribution is 2.42. The van der Waals surface area contributed by atoms with E-state index in [2.05, 4.69) is 33.5 Å². The Morgan fingerprint density at radius 1 is 1.26 bits per heavy atom. The maximum absolute atomic E-state index is 9.69. The van der Waals surface area contributed by atoms with Gasteiger partial charge in [0.2, 0.25) is 0 Å². The van der Waals surface area contributed by atoms with Gasteiger partial charge in [-0.3, -0.25) is 0 Å². The van der Waals surface area contributed by atoms with E-state index in [1.807, 2.05) is 0 Å². The summed E-state index contributed by atoms with van der Waals surface area (Å²) >= 11 is 0. The molecule has 3 nitrogen and oxygen atoms in total. The van der Waals surface area contributed by atoms with Crippen LogP contribution >= 0.6 is 0 Å². The van der Waals surface area contributed by atoms with Crippen molar-refractivity contribution in [3.8, 4) is 0 Å². The van der Waals surface area contributed by atoms with Crippen LogP contribution in [-0.4, -0.2) is 39.3 Å². The van der Waals surface area contributed by atoms with E-state index in [1.54, 1.807) is 0 Å². The van der Waals surface area contributed by atoms with Crippen LogP contribution in [0.2, 0.25) is 25.7 Å². The van der Waals surface area contributed by atoms with E-state index in [1.165, 1.54) is 18.9 Å². The second-order valence-electron chi connectivity index (χ2n) is 7.49. The van der Waals surface area contributed by atoms with Crippen molar-refractivity contribution < 1.29 is 14.6 Å². The number of hydrogen-bond donors (Lipinski definition) is 1. The number of hydrogen-bond acceptors (Lipinski definition) is 3. The van der Waals surface area contributed by atoms with Gasteiger partial charge in [0.05, 0.1) is 12.7 Å². The Balaban J connectivity index is 2.31. The van der Waals surface area contributed by atoms with Crippen molar-refractivity contribution in [2.75, 3.05) is 20.0 Å². The zero-order chi connectivity index (χ0) is 14.5. The third-order valence-electron chi connectivity index (χ3n) is 4.65. The first-order valence-corrected chi connectivity index (χ1v) is 11.3. The third kappa shape index (κ3) is 5.18. The molecule has 0 spiro atoms. The summed E-state index contributed by atoms with van der Waals surface area (Å²) in [6, 6.07) is 1.18. The predicted molar refractivity (Wildman–Crippen MR) is 82.1 cm³/mol. The van der Waals surface area contributed by atoms with Gasteiger partial charge < -0.3 is 14.6 Å². The lowest BCUT2D eigenvalue weighted by Gasteiger charge is -2.44. The molecule has 1 fully saturated rings. The molecule has 1 rings (SSSR count). The highest BCUT2D eigenvalue weighted by atomic mass is 28.3. The van der Waals surface area contributed by atoms with E-state index in [-0.39, 0.29) is 18.1 Å². The summed E-state index contributed by atoms with van der Waals surface area (Å²) in [6.45, 7) is 12.8. The molecular formula is C15H32O3Si. The van der Waals surface area contributed by atoms with Gasteiger partial charge in [0.15, 0.2) is 0 Å². The molecule has 0 aromatic carbocycles. The normalized spacial score (nSPS) is 32.5. The van der Waals surface area contributed by atoms with E-state index in [0.29, 0.717) is 12.7 Å². The molecule has 0 aromatic heterocycles. The number of aliphatic hydroxyl groups excluding tert-OH is 1. The van der Waals surface area contributed by atoms with Crippen molar-refractivity contribution in [3.63, 3.8) is 0 Å². The molecule has 3 atom stereocenters. The average Bonchev–Trinajstić information content (AvgIpc) is 2.32. The van der Waals surface area contributed by atoms with Crippen LogP contribution in [0.15, 0.2) is 0 Å². The molecule has 114 valence electrons. The van der Waals surface area contributed by atoms with Gasteiger partial charge in [-0.1, -0.05) is 39.9 Å². The van der Waals surface area contributed by atoms with Crippen molar-refractivity contribution in [3.05, 3.63) is 0 Å². The van der Waals surface area contributed by atoms with E-state index >= 15 is 0 Å². The molecule has 0 heterocycles. The number of aliphatic hydroxyl groups is 1. The lowest BCUT2D eigenvalue weighted by Crippen LogP contribution is -2.46. The van der Waals surface area contributed by atoms with Crippen LogP contribution in [0, 0.1) is 11.3 Å². The lowest BCUT2D eigenvalue weighted by molar-refractivity contribution is -0.161. The molecule has 1 N–H and O–H groups in total. The first-order valence-electron chi connectivity index (χ1n) is 7.60. The topological polar surface area (TPSA) is 38.7 Å². The fourth-order valence-electron chi connectivity index (χ4n) is 2.69. The summed E-state index contributed by atoms with van der Waals surface area (Å²) in [4.78, 5) is 0. The second-order valence-corrected chi connectivity index (χ2v) is 13.1. The smallest absolute Gasteiger partial charge is 0.147 e. The molecule has 19 heavy (non-hydrogen) atoms. The molecule has 0 bridgehead atoms. The Labute approximate surface area is 119 Å². The standard InChI is InChI=1S/C15H32O3Si/c1-13-7-6-8-14(15(13,2)11-16)18-12-17-9-10-19(3,4)5/h13-14,16H,6-12H2,1-5H3. The van der Waals surface area contributed by atoms with E-state index in [4.69, 9.17) is 9.47 Å². The Morgan fingerprint density at radius 2 is 1.95 bits per heavy atom. The van der Waals surface area contributed by atoms with Crippen LogP contribution in [-0.2, 0) is 9.47 Å². The Bertz CT molecular complexity index is 265. The predicted octanol–water partition coefficient (Wildman–Crippen LogP) is 3.50. The molecule has 0 radical (unpaired) electrons. The minimum absolute atomic E-state index is 0.111. The Kier molecular flexibility index (Phi) is 6.50. The monoisotopic (exact) mass is 288 g/mol. The highest BCUT2D eigenvalue weighted by Gasteiger charge is 2.42. The Morgan fingerprint density at radius 3 is 2.53 bits per heavy atom. The maximum atomic E-state index is 9.69. The van der Waals surface area contributed by atoms with E-state index in [0.717, 1.165) is 13.0 Å². The minimum atomic E-state index is -1.01. The van der Waals surface area contributed by atoms with Crippen LogP contribution < -0.4 is 0 Å². The number of rotatable bonds is 7. The fraction of sp³-hybridized carbons (Fsp3) is 1.00. The van der Waals surface area contributed by atoms with Crippen LogP contribution in [0.5, 0.6) is 0 Å². The molecule has 0 saturated heterocycles. The van der Waals surface area contributed by atoms with E-state index in [9.17, 15) is 5.11 Å². The first kappa shape index (κ1) is 17.1. The zero-order valence-corrected chi connectivity index (χ0v) is 14.4. The molecule has 4 heteroatoms. The van der Waals surface area contributed by atoms with Crippen molar-refractivity contribution in [1.82, 2.24) is 0 Å². The van der Waals surface area contributed by atoms with Crippen molar-refractivity contribution in [1.29, 1.82) is 0 Å². The van der Waals surface area contributed by atoms with Gasteiger partial charge in [-0.05, 0) is 24.8 Å². The summed E-state index contributed by atoms with van der Waals surface area (Å²) in [6.07, 6.45) is 3.55. The van der Waals surface area contributed by atoms with Gasteiger partial charge in [-0.2, -0.15) is 0 Å². The SMILES string of the molecule is CC1CCCC(OCOCC[Si](C)(C)C)C1(C)CO. The van der Waals surface area contributed by atoms with Crippen LogP contribution in [0.3, 0.4) is 0 Å². The lowest BCUT2D eigenvalue weighted by atomic mass is 9.67. The third-order valence-corrected chi connectivity index (χ3v) is 6.36. The summed E-state index contributed by atoms with van der Waals surface area (Å²) < 4.78 is 11.5. The summed E-state index contributed by atoms with van der Waals surface area (Å²) in [5.74, 6) is 0.512. The van der Waals surface area contributed by atoms with E-state index < -0.39 is 8.07 Å². The maximum Gasteiger partial charge on any atom is 0.147 e. The second kappa shape index (κ2) is 7.20. The molecule has 1 aliphatic rings. The molecule has 0 amide bonds. The van der Waals surface area contributed by atoms with Gasteiger partial charge in [-0.25, -0.2) is 0 Å². The highest BCUT2D eigenvalue weighted by molar-refractivity contribution is 6.76. The zero-order valence-electron chi connectivity index (χ0n) is 13.4. The molecule has 3 unspecified atom stereocenters. The van der Waals surface area contributed by atoms with Gasteiger partial charge in [0, 0.05) is 20.1 Å². The Hall–Kier alpha value is 0.0969. The molecule has 1 saturated carbocycles. The largest absolute Gasteiger partial charge is 0.396 e. The van der Waals surface area contributed by atoms with Gasteiger partial charge in [0.1, 0.15) is 6.79 Å². The molecule has 0 aliphatic heterocycles. The van der Waals surface area contributed by atoms with Gasteiger partial charge in [0.25, 0.3) is 0 Å². The minimum Gasteiger partial charge on any atom is -0.396 e. The quantitative estimate of drug-likeness (QED) is 0.443. The molecular weight excluding hydrogens is 256 g/mol. The van der Waals surface area contributed by atoms with Crippen LogP contribution in [0.1, 0.15) is 33.1 Å². The summed E-state index contributed by atoms with van der Waals surface area (Å²) in [5.41, 5.74) is -0.111. The summed E-state index contributed by atoms with van der Waals surface area (Å²) in [5, 5.41) is 9.69. The van der Waals surface area contributed by atoms with Gasteiger partial charge in [-0.15, -0.1) is 0 Å².